The number of nitrogens with zero attached hydrogens (tertiary/aromatic N) is 2. The summed E-state index contributed by atoms with van der Waals surface area (Å²) in [6, 6.07) is 3.36. The van der Waals surface area contributed by atoms with Gasteiger partial charge < -0.3 is 5.32 Å². The summed E-state index contributed by atoms with van der Waals surface area (Å²) >= 11 is 0. The number of nitrogens with one attached hydrogen (secondary N) is 1. The molecule has 2 rings (SSSR count). The van der Waals surface area contributed by atoms with Crippen molar-refractivity contribution in [1.29, 1.82) is 0 Å². The van der Waals surface area contributed by atoms with E-state index < -0.39 is 27.9 Å². The Hall–Kier alpha value is -2.57. The van der Waals surface area contributed by atoms with Crippen molar-refractivity contribution in [1.82, 2.24) is 4.98 Å². The summed E-state index contributed by atoms with van der Waals surface area (Å²) in [4.78, 5) is 14.0. The van der Waals surface area contributed by atoms with Crippen LogP contribution in [0, 0.1) is 28.7 Å². The lowest BCUT2D eigenvalue weighted by Crippen LogP contribution is -2.07. The van der Waals surface area contributed by atoms with Gasteiger partial charge in [0, 0.05) is 25.0 Å². The molecule has 0 saturated heterocycles. The molecule has 1 heterocycles. The van der Waals surface area contributed by atoms with E-state index in [0.717, 1.165) is 23.3 Å². The Labute approximate surface area is 113 Å². The lowest BCUT2D eigenvalue weighted by Gasteiger charge is -2.10. The molecule has 1 aromatic carbocycles. The van der Waals surface area contributed by atoms with E-state index in [1.807, 2.05) is 0 Å². The maximum absolute atomic E-state index is 13.7. The van der Waals surface area contributed by atoms with Gasteiger partial charge in [-0.2, -0.15) is 0 Å². The molecule has 0 spiro atoms. The first-order chi connectivity index (χ1) is 9.50. The van der Waals surface area contributed by atoms with Crippen LogP contribution in [0.5, 0.6) is 0 Å². The second-order valence-electron chi connectivity index (χ2n) is 4.17. The van der Waals surface area contributed by atoms with E-state index in [4.69, 9.17) is 0 Å². The Bertz CT molecular complexity index is 662. The van der Waals surface area contributed by atoms with Gasteiger partial charge in [-0.25, -0.2) is 8.78 Å². The summed E-state index contributed by atoms with van der Waals surface area (Å²) in [5, 5.41) is 13.4. The molecule has 1 aromatic heterocycles. The normalized spacial score (nSPS) is 10.3. The van der Waals surface area contributed by atoms with Gasteiger partial charge in [0.25, 0.3) is 5.69 Å². The number of nitro benzene ring substituents is 1. The fraction of sp³-hybridized carbons (Fsp3) is 0.154. The highest BCUT2D eigenvalue weighted by Gasteiger charge is 2.21. The summed E-state index contributed by atoms with van der Waals surface area (Å²) < 4.78 is 26.9. The number of aryl methyl sites for hydroxylation is 1. The molecule has 0 bridgehead atoms. The third-order valence-electron chi connectivity index (χ3n) is 2.86. The average Bonchev–Trinajstić information content (AvgIpc) is 2.41. The largest absolute Gasteiger partial charge is 0.373 e. The first-order valence-electron chi connectivity index (χ1n) is 5.76. The van der Waals surface area contributed by atoms with E-state index in [1.54, 1.807) is 25.4 Å². The lowest BCUT2D eigenvalue weighted by molar-refractivity contribution is -0.384. The van der Waals surface area contributed by atoms with Crippen molar-refractivity contribution < 1.29 is 13.7 Å². The lowest BCUT2D eigenvalue weighted by atomic mass is 10.1. The van der Waals surface area contributed by atoms with Gasteiger partial charge in [0.2, 0.25) is 0 Å². The Kier molecular flexibility index (Phi) is 3.88. The number of anilines is 1. The molecule has 0 unspecified atom stereocenters. The van der Waals surface area contributed by atoms with Crippen LogP contribution in [0.3, 0.4) is 0 Å². The SMILES string of the molecule is Cc1cnccc1CNc1c([N+](=O)[O-])ccc(F)c1F. The zero-order chi connectivity index (χ0) is 14.7. The van der Waals surface area contributed by atoms with E-state index in [2.05, 4.69) is 10.3 Å². The summed E-state index contributed by atoms with van der Waals surface area (Å²) in [6.07, 6.45) is 3.17. The van der Waals surface area contributed by atoms with Crippen LogP contribution in [0.1, 0.15) is 11.1 Å². The summed E-state index contributed by atoms with van der Waals surface area (Å²) in [5.74, 6) is -2.39. The number of aromatic nitrogens is 1. The second-order valence-corrected chi connectivity index (χ2v) is 4.17. The van der Waals surface area contributed by atoms with Crippen molar-refractivity contribution in [3.05, 3.63) is 63.5 Å². The quantitative estimate of drug-likeness (QED) is 0.689. The maximum atomic E-state index is 13.7. The van der Waals surface area contributed by atoms with Gasteiger partial charge in [-0.15, -0.1) is 0 Å². The zero-order valence-corrected chi connectivity index (χ0v) is 10.6. The minimum absolute atomic E-state index is 0.134. The van der Waals surface area contributed by atoms with Gasteiger partial charge in [0.1, 0.15) is 0 Å². The molecule has 104 valence electrons. The van der Waals surface area contributed by atoms with Gasteiger partial charge in [-0.05, 0) is 30.2 Å². The molecular weight excluding hydrogens is 268 g/mol. The Morgan fingerprint density at radius 2 is 2.10 bits per heavy atom. The minimum atomic E-state index is -1.26. The van der Waals surface area contributed by atoms with Crippen molar-refractivity contribution in [3.63, 3.8) is 0 Å². The summed E-state index contributed by atoms with van der Waals surface area (Å²) in [6.45, 7) is 1.94. The third-order valence-corrected chi connectivity index (χ3v) is 2.86. The standard InChI is InChI=1S/C13H11F2N3O2/c1-8-6-16-5-4-9(8)7-17-13-11(18(19)20)3-2-10(14)12(13)15/h2-6,17H,7H2,1H3. The van der Waals surface area contributed by atoms with Gasteiger partial charge in [0.15, 0.2) is 17.3 Å². The summed E-state index contributed by atoms with van der Waals surface area (Å²) in [7, 11) is 0. The molecule has 0 aliphatic rings. The predicted octanol–water partition coefficient (Wildman–Crippen LogP) is 3.19. The number of hydrogen-bond acceptors (Lipinski definition) is 4. The van der Waals surface area contributed by atoms with E-state index in [9.17, 15) is 18.9 Å². The van der Waals surface area contributed by atoms with Gasteiger partial charge in [-0.1, -0.05) is 0 Å². The van der Waals surface area contributed by atoms with Crippen molar-refractivity contribution in [2.75, 3.05) is 5.32 Å². The van der Waals surface area contributed by atoms with Gasteiger partial charge >= 0.3 is 0 Å². The number of benzene rings is 1. The van der Waals surface area contributed by atoms with Crippen molar-refractivity contribution in [2.24, 2.45) is 0 Å². The molecule has 0 amide bonds. The van der Waals surface area contributed by atoms with Crippen LogP contribution in [0.2, 0.25) is 0 Å². The molecule has 0 aliphatic carbocycles. The topological polar surface area (TPSA) is 68.1 Å². The van der Waals surface area contributed by atoms with Gasteiger partial charge in [0.05, 0.1) is 4.92 Å². The number of hydrogen-bond donors (Lipinski definition) is 1. The Morgan fingerprint density at radius 1 is 1.35 bits per heavy atom. The monoisotopic (exact) mass is 279 g/mol. The number of halogens is 2. The van der Waals surface area contributed by atoms with E-state index in [-0.39, 0.29) is 6.54 Å². The molecule has 0 aliphatic heterocycles. The average molecular weight is 279 g/mol. The molecule has 7 heteroatoms. The number of pyridine rings is 1. The van der Waals surface area contributed by atoms with Crippen LogP contribution < -0.4 is 5.32 Å². The van der Waals surface area contributed by atoms with Crippen LogP contribution in [-0.4, -0.2) is 9.91 Å². The zero-order valence-electron chi connectivity index (χ0n) is 10.6. The Balaban J connectivity index is 2.31. The maximum Gasteiger partial charge on any atom is 0.295 e. The molecule has 0 saturated carbocycles. The predicted molar refractivity (Wildman–Crippen MR) is 69.3 cm³/mol. The molecular formula is C13H11F2N3O2. The number of nitro groups is 1. The molecule has 2 aromatic rings. The van der Waals surface area contributed by atoms with Crippen LogP contribution in [0.25, 0.3) is 0 Å². The highest BCUT2D eigenvalue weighted by atomic mass is 19.2. The minimum Gasteiger partial charge on any atom is -0.373 e. The molecule has 0 radical (unpaired) electrons. The van der Waals surface area contributed by atoms with Crippen molar-refractivity contribution in [3.8, 4) is 0 Å². The smallest absolute Gasteiger partial charge is 0.295 e. The highest BCUT2D eigenvalue weighted by molar-refractivity contribution is 5.62. The third kappa shape index (κ3) is 2.71. The van der Waals surface area contributed by atoms with Crippen molar-refractivity contribution in [2.45, 2.75) is 13.5 Å². The fourth-order valence-electron chi connectivity index (χ4n) is 1.74. The molecule has 0 atom stereocenters. The van der Waals surface area contributed by atoms with Crippen LogP contribution >= 0.6 is 0 Å². The fourth-order valence-corrected chi connectivity index (χ4v) is 1.74. The van der Waals surface area contributed by atoms with Crippen molar-refractivity contribution >= 4 is 11.4 Å². The van der Waals surface area contributed by atoms with E-state index >= 15 is 0 Å². The molecule has 1 N–H and O–H groups in total. The Morgan fingerprint density at radius 3 is 2.75 bits per heavy atom. The van der Waals surface area contributed by atoms with Gasteiger partial charge in [-0.3, -0.25) is 15.1 Å². The first kappa shape index (κ1) is 13.9. The highest BCUT2D eigenvalue weighted by Crippen LogP contribution is 2.29. The number of rotatable bonds is 4. The van der Waals surface area contributed by atoms with Crippen LogP contribution in [-0.2, 0) is 6.54 Å². The first-order valence-corrected chi connectivity index (χ1v) is 5.76. The molecule has 0 fully saturated rings. The molecule has 5 nitrogen and oxygen atoms in total. The van der Waals surface area contributed by atoms with Crippen LogP contribution in [0.15, 0.2) is 30.6 Å². The van der Waals surface area contributed by atoms with E-state index in [0.29, 0.717) is 0 Å². The second kappa shape index (κ2) is 5.60. The summed E-state index contributed by atoms with van der Waals surface area (Å²) in [5.41, 5.74) is 0.680. The molecule has 20 heavy (non-hydrogen) atoms. The van der Waals surface area contributed by atoms with Crippen LogP contribution in [0.4, 0.5) is 20.2 Å². The van der Waals surface area contributed by atoms with E-state index in [1.165, 1.54) is 0 Å².